The second-order valence-electron chi connectivity index (χ2n) is 7.69. The molecule has 12 nitrogen and oxygen atoms in total. The van der Waals surface area contributed by atoms with Gasteiger partial charge in [-0.25, -0.2) is 23.4 Å². The highest BCUT2D eigenvalue weighted by Gasteiger charge is 2.32. The third-order valence-corrected chi connectivity index (χ3v) is 8.10. The van der Waals surface area contributed by atoms with E-state index in [2.05, 4.69) is 39.5 Å². The molecule has 0 aromatic carbocycles. The third kappa shape index (κ3) is 5.23. The number of nitrogens with zero attached hydrogens (tertiary/aromatic N) is 8. The van der Waals surface area contributed by atoms with Crippen LogP contribution in [-0.4, -0.2) is 60.1 Å². The van der Waals surface area contributed by atoms with E-state index >= 15 is 0 Å². The smallest absolute Gasteiger partial charge is 0.239 e. The van der Waals surface area contributed by atoms with Gasteiger partial charge in [-0.1, -0.05) is 29.1 Å². The Kier molecular flexibility index (Phi) is 7.23. The van der Waals surface area contributed by atoms with Gasteiger partial charge in [0.05, 0.1) is 29.1 Å². The summed E-state index contributed by atoms with van der Waals surface area (Å²) in [4.78, 5) is 12.7. The van der Waals surface area contributed by atoms with Crippen molar-refractivity contribution in [2.24, 2.45) is 0 Å². The van der Waals surface area contributed by atoms with Gasteiger partial charge in [0.25, 0.3) is 0 Å². The third-order valence-electron chi connectivity index (χ3n) is 5.52. The van der Waals surface area contributed by atoms with Crippen LogP contribution in [0.3, 0.4) is 0 Å². The number of hydrogen-bond acceptors (Lipinski definition) is 11. The minimum atomic E-state index is -3.94. The number of anilines is 1. The zero-order chi connectivity index (χ0) is 25.2. The van der Waals surface area contributed by atoms with E-state index < -0.39 is 27.2 Å². The first-order chi connectivity index (χ1) is 16.7. The molecule has 0 aliphatic carbocycles. The lowest BCUT2D eigenvalue weighted by Crippen LogP contribution is -2.32. The molecule has 0 aliphatic rings. The Hall–Kier alpha value is -3.23. The van der Waals surface area contributed by atoms with E-state index in [1.807, 2.05) is 6.92 Å². The Morgan fingerprint density at radius 3 is 2.51 bits per heavy atom. The summed E-state index contributed by atoms with van der Waals surface area (Å²) in [6, 6.07) is 4.74. The summed E-state index contributed by atoms with van der Waals surface area (Å²) in [6.45, 7) is 5.15. The van der Waals surface area contributed by atoms with Crippen molar-refractivity contribution in [3.63, 3.8) is 0 Å². The number of nitrogens with one attached hydrogen (secondary N) is 1. The van der Waals surface area contributed by atoms with Crippen molar-refractivity contribution in [3.8, 4) is 17.4 Å². The average molecular weight is 536 g/mol. The SMILES string of the molecule is COc1cccc(-c2nnc(NS(=O)(=O)C(C)C(C)c3ncc(Cl)cn3)n2C(C)c2csnn2)n1. The lowest BCUT2D eigenvalue weighted by molar-refractivity contribution is 0.398. The van der Waals surface area contributed by atoms with Crippen LogP contribution in [0, 0.1) is 0 Å². The van der Waals surface area contributed by atoms with Crippen LogP contribution >= 0.6 is 23.1 Å². The lowest BCUT2D eigenvalue weighted by Gasteiger charge is -2.21. The second-order valence-corrected chi connectivity index (χ2v) is 10.8. The van der Waals surface area contributed by atoms with E-state index in [1.54, 1.807) is 42.0 Å². The Morgan fingerprint density at radius 2 is 1.86 bits per heavy atom. The molecule has 15 heteroatoms. The summed E-state index contributed by atoms with van der Waals surface area (Å²) in [6.07, 6.45) is 2.86. The van der Waals surface area contributed by atoms with Crippen LogP contribution < -0.4 is 9.46 Å². The number of aromatic nitrogens is 8. The standard InChI is InChI=1S/C20H22ClN9O3S2/c1-11(18-22-8-14(21)9-23-18)13(3)35(31,32)28-20-27-26-19(15-6-5-7-17(24-15)33-4)30(20)12(2)16-10-34-29-25-16/h5-13H,1-4H3,(H,27,28). The first-order valence-electron chi connectivity index (χ1n) is 10.4. The number of rotatable bonds is 9. The number of hydrogen-bond donors (Lipinski definition) is 1. The highest BCUT2D eigenvalue weighted by atomic mass is 35.5. The van der Waals surface area contributed by atoms with Crippen LogP contribution in [0.4, 0.5) is 5.95 Å². The second kappa shape index (κ2) is 10.2. The zero-order valence-corrected chi connectivity index (χ0v) is 21.6. The van der Waals surface area contributed by atoms with Crippen molar-refractivity contribution >= 4 is 39.1 Å². The summed E-state index contributed by atoms with van der Waals surface area (Å²) in [5.74, 6) is 0.565. The van der Waals surface area contributed by atoms with Crippen LogP contribution in [0.2, 0.25) is 5.02 Å². The molecule has 0 saturated heterocycles. The highest BCUT2D eigenvalue weighted by molar-refractivity contribution is 7.93. The van der Waals surface area contributed by atoms with Crippen LogP contribution in [0.25, 0.3) is 11.5 Å². The fraction of sp³-hybridized carbons (Fsp3) is 0.350. The van der Waals surface area contributed by atoms with Crippen LogP contribution in [-0.2, 0) is 10.0 Å². The molecule has 4 rings (SSSR count). The molecule has 0 amide bonds. The molecule has 0 radical (unpaired) electrons. The molecule has 4 aromatic rings. The summed E-state index contributed by atoms with van der Waals surface area (Å²) in [7, 11) is -2.44. The molecule has 0 saturated carbocycles. The summed E-state index contributed by atoms with van der Waals surface area (Å²) in [5, 5.41) is 13.7. The molecule has 1 N–H and O–H groups in total. The topological polar surface area (TPSA) is 151 Å². The molecule has 0 bridgehead atoms. The zero-order valence-electron chi connectivity index (χ0n) is 19.2. The largest absolute Gasteiger partial charge is 0.481 e. The van der Waals surface area contributed by atoms with Gasteiger partial charge in [-0.2, -0.15) is 0 Å². The first kappa shape index (κ1) is 24.9. The minimum Gasteiger partial charge on any atom is -0.481 e. The van der Waals surface area contributed by atoms with Gasteiger partial charge in [0.15, 0.2) is 5.82 Å². The number of halogens is 1. The van der Waals surface area contributed by atoms with Gasteiger partial charge in [-0.3, -0.25) is 9.29 Å². The monoisotopic (exact) mass is 535 g/mol. The van der Waals surface area contributed by atoms with Crippen molar-refractivity contribution < 1.29 is 13.2 Å². The van der Waals surface area contributed by atoms with Gasteiger partial charge in [0.2, 0.25) is 21.9 Å². The molecular weight excluding hydrogens is 514 g/mol. The average Bonchev–Trinajstić information content (AvgIpc) is 3.53. The van der Waals surface area contributed by atoms with Gasteiger partial charge in [-0.15, -0.1) is 15.3 Å². The normalized spacial score (nSPS) is 14.3. The summed E-state index contributed by atoms with van der Waals surface area (Å²) >= 11 is 7.05. The maximum atomic E-state index is 13.4. The molecule has 0 spiro atoms. The number of methoxy groups -OCH3 is 1. The molecule has 3 unspecified atom stereocenters. The van der Waals surface area contributed by atoms with Crippen LogP contribution in [0.5, 0.6) is 5.88 Å². The molecule has 4 aromatic heterocycles. The summed E-state index contributed by atoms with van der Waals surface area (Å²) < 4.78 is 40.1. The quantitative estimate of drug-likeness (QED) is 0.338. The van der Waals surface area contributed by atoms with Gasteiger partial charge < -0.3 is 4.74 Å². The van der Waals surface area contributed by atoms with E-state index in [1.165, 1.54) is 31.0 Å². The molecule has 184 valence electrons. The highest BCUT2D eigenvalue weighted by Crippen LogP contribution is 2.30. The molecular formula is C20H22ClN9O3S2. The Labute approximate surface area is 211 Å². The predicted octanol–water partition coefficient (Wildman–Crippen LogP) is 3.19. The van der Waals surface area contributed by atoms with Crippen molar-refractivity contribution in [1.29, 1.82) is 0 Å². The van der Waals surface area contributed by atoms with Crippen molar-refractivity contribution in [3.05, 3.63) is 52.5 Å². The van der Waals surface area contributed by atoms with E-state index in [-0.39, 0.29) is 5.95 Å². The predicted molar refractivity (Wildman–Crippen MR) is 131 cm³/mol. The van der Waals surface area contributed by atoms with Gasteiger partial charge in [0, 0.05) is 29.8 Å². The van der Waals surface area contributed by atoms with Gasteiger partial charge in [-0.05, 0) is 31.4 Å². The molecule has 3 atom stereocenters. The van der Waals surface area contributed by atoms with E-state index in [9.17, 15) is 8.42 Å². The van der Waals surface area contributed by atoms with Gasteiger partial charge >= 0.3 is 0 Å². The Morgan fingerprint density at radius 1 is 1.11 bits per heavy atom. The van der Waals surface area contributed by atoms with E-state index in [0.717, 1.165) is 0 Å². The van der Waals surface area contributed by atoms with Crippen molar-refractivity contribution in [1.82, 2.24) is 39.3 Å². The fourth-order valence-corrected chi connectivity index (χ4v) is 5.17. The van der Waals surface area contributed by atoms with E-state index in [0.29, 0.717) is 33.9 Å². The van der Waals surface area contributed by atoms with Crippen LogP contribution in [0.1, 0.15) is 44.2 Å². The summed E-state index contributed by atoms with van der Waals surface area (Å²) in [5.41, 5.74) is 1.07. The van der Waals surface area contributed by atoms with Crippen molar-refractivity contribution in [2.75, 3.05) is 11.8 Å². The van der Waals surface area contributed by atoms with Crippen LogP contribution in [0.15, 0.2) is 36.0 Å². The molecule has 0 aliphatic heterocycles. The van der Waals surface area contributed by atoms with Gasteiger partial charge in [0.1, 0.15) is 11.5 Å². The molecule has 35 heavy (non-hydrogen) atoms. The maximum Gasteiger partial charge on any atom is 0.239 e. The van der Waals surface area contributed by atoms with Crippen molar-refractivity contribution in [2.45, 2.75) is 38.0 Å². The number of ether oxygens (including phenoxy) is 1. The van der Waals surface area contributed by atoms with E-state index in [4.69, 9.17) is 16.3 Å². The molecule has 0 fully saturated rings. The minimum absolute atomic E-state index is 0.0150. The lowest BCUT2D eigenvalue weighted by atomic mass is 10.1. The fourth-order valence-electron chi connectivity index (χ4n) is 3.30. The molecule has 4 heterocycles. The Balaban J connectivity index is 1.72. The Bertz CT molecular complexity index is 1400. The number of pyridine rings is 1. The maximum absolute atomic E-state index is 13.4. The first-order valence-corrected chi connectivity index (χ1v) is 13.2. The number of sulfonamides is 1.